The van der Waals surface area contributed by atoms with E-state index in [0.717, 1.165) is 41.1 Å². The fourth-order valence-corrected chi connectivity index (χ4v) is 7.06. The van der Waals surface area contributed by atoms with Crippen molar-refractivity contribution >= 4 is 43.5 Å². The number of hydrogen-bond donors (Lipinski definition) is 1. The van der Waals surface area contributed by atoms with E-state index in [1.807, 2.05) is 37.3 Å². The Morgan fingerprint density at radius 3 is 2.29 bits per heavy atom. The molecule has 0 radical (unpaired) electrons. The molecule has 41 heavy (non-hydrogen) atoms. The van der Waals surface area contributed by atoms with E-state index in [9.17, 15) is 18.0 Å². The first kappa shape index (κ1) is 30.6. The summed E-state index contributed by atoms with van der Waals surface area (Å²) in [6.45, 7) is 3.27. The van der Waals surface area contributed by atoms with E-state index in [0.29, 0.717) is 15.9 Å². The van der Waals surface area contributed by atoms with Crippen molar-refractivity contribution in [3.05, 3.63) is 88.4 Å². The van der Waals surface area contributed by atoms with Gasteiger partial charge in [-0.3, -0.25) is 13.9 Å². The molecule has 0 aromatic heterocycles. The molecule has 10 heteroatoms. The zero-order chi connectivity index (χ0) is 29.6. The summed E-state index contributed by atoms with van der Waals surface area (Å²) in [4.78, 5) is 28.8. The second-order valence-electron chi connectivity index (χ2n) is 10.3. The molecule has 8 nitrogen and oxygen atoms in total. The van der Waals surface area contributed by atoms with Crippen LogP contribution in [0.4, 0.5) is 5.69 Å². The molecule has 1 atom stereocenters. The highest BCUT2D eigenvalue weighted by molar-refractivity contribution is 9.10. The number of halogens is 1. The van der Waals surface area contributed by atoms with Crippen LogP contribution in [0.2, 0.25) is 0 Å². The fraction of sp³-hybridized carbons (Fsp3) is 0.355. The van der Waals surface area contributed by atoms with E-state index in [4.69, 9.17) is 4.74 Å². The average molecular weight is 643 g/mol. The average Bonchev–Trinajstić information content (AvgIpc) is 3.48. The Bertz CT molecular complexity index is 1460. The number of amides is 2. The van der Waals surface area contributed by atoms with Crippen LogP contribution in [-0.2, 0) is 26.2 Å². The molecule has 0 spiro atoms. The zero-order valence-electron chi connectivity index (χ0n) is 23.5. The number of hydrogen-bond acceptors (Lipinski definition) is 5. The second kappa shape index (κ2) is 13.5. The summed E-state index contributed by atoms with van der Waals surface area (Å²) in [7, 11) is -2.68. The summed E-state index contributed by atoms with van der Waals surface area (Å²) >= 11 is 3.37. The van der Waals surface area contributed by atoms with Crippen molar-refractivity contribution in [1.82, 2.24) is 10.2 Å². The lowest BCUT2D eigenvalue weighted by molar-refractivity contribution is -0.139. The molecule has 2 amide bonds. The number of carbonyl (C=O) groups is 2. The standard InChI is InChI=1S/C31H36BrN3O5S/c1-22-13-15-26(16-14-22)35(41(38,39)27-17-18-29(40-3)28(32)19-27)21-30(36)34(20-24-9-5-4-6-10-24)23(2)31(37)33-25-11-7-8-12-25/h4-6,9-10,13-19,23,25H,7-8,11-12,20-21H2,1-3H3,(H,33,37). The monoisotopic (exact) mass is 641 g/mol. The lowest BCUT2D eigenvalue weighted by atomic mass is 10.1. The molecule has 3 aromatic rings. The Morgan fingerprint density at radius 1 is 1.02 bits per heavy atom. The van der Waals surface area contributed by atoms with Crippen molar-refractivity contribution < 1.29 is 22.7 Å². The van der Waals surface area contributed by atoms with Gasteiger partial charge in [-0.25, -0.2) is 8.42 Å². The summed E-state index contributed by atoms with van der Waals surface area (Å²) in [5.74, 6) is -0.247. The number of nitrogens with one attached hydrogen (secondary N) is 1. The number of aryl methyl sites for hydroxylation is 1. The number of sulfonamides is 1. The number of nitrogens with zero attached hydrogens (tertiary/aromatic N) is 2. The van der Waals surface area contributed by atoms with Crippen LogP contribution < -0.4 is 14.4 Å². The number of carbonyl (C=O) groups excluding carboxylic acids is 2. The molecular formula is C31H36BrN3O5S. The molecule has 0 saturated heterocycles. The number of ether oxygens (including phenoxy) is 1. The first-order chi connectivity index (χ1) is 19.6. The summed E-state index contributed by atoms with van der Waals surface area (Å²) in [6, 6.07) is 20.1. The molecule has 3 aromatic carbocycles. The summed E-state index contributed by atoms with van der Waals surface area (Å²) < 4.78 is 34.9. The minimum atomic E-state index is -4.18. The Morgan fingerprint density at radius 2 is 1.68 bits per heavy atom. The third-order valence-electron chi connectivity index (χ3n) is 7.38. The van der Waals surface area contributed by atoms with Crippen LogP contribution in [0.3, 0.4) is 0 Å². The summed E-state index contributed by atoms with van der Waals surface area (Å²) in [5, 5.41) is 3.08. The van der Waals surface area contributed by atoms with Gasteiger partial charge in [0.25, 0.3) is 10.0 Å². The first-order valence-corrected chi connectivity index (χ1v) is 15.9. The van der Waals surface area contributed by atoms with Gasteiger partial charge in [-0.2, -0.15) is 0 Å². The number of anilines is 1. The molecule has 1 aliphatic carbocycles. The predicted molar refractivity (Wildman–Crippen MR) is 163 cm³/mol. The van der Waals surface area contributed by atoms with Crippen LogP contribution in [0, 0.1) is 6.92 Å². The topological polar surface area (TPSA) is 96.0 Å². The summed E-state index contributed by atoms with van der Waals surface area (Å²) in [5.41, 5.74) is 2.14. The van der Waals surface area contributed by atoms with Crippen molar-refractivity contribution in [3.8, 4) is 5.75 Å². The van der Waals surface area contributed by atoms with Gasteiger partial charge in [0.1, 0.15) is 18.3 Å². The van der Waals surface area contributed by atoms with Gasteiger partial charge in [-0.1, -0.05) is 60.9 Å². The SMILES string of the molecule is COc1ccc(S(=O)(=O)N(CC(=O)N(Cc2ccccc2)C(C)C(=O)NC2CCCC2)c2ccc(C)cc2)cc1Br. The molecule has 1 unspecified atom stereocenters. The molecule has 1 aliphatic rings. The van der Waals surface area contributed by atoms with Crippen LogP contribution in [0.5, 0.6) is 5.75 Å². The highest BCUT2D eigenvalue weighted by Crippen LogP contribution is 2.31. The van der Waals surface area contributed by atoms with Gasteiger partial charge in [0.15, 0.2) is 0 Å². The lowest BCUT2D eigenvalue weighted by Crippen LogP contribution is -2.52. The molecule has 1 fully saturated rings. The maximum absolute atomic E-state index is 14.0. The van der Waals surface area contributed by atoms with Gasteiger partial charge in [0, 0.05) is 12.6 Å². The van der Waals surface area contributed by atoms with Crippen LogP contribution in [0.1, 0.15) is 43.7 Å². The number of methoxy groups -OCH3 is 1. The van der Waals surface area contributed by atoms with E-state index in [1.165, 1.54) is 24.1 Å². The molecular weight excluding hydrogens is 606 g/mol. The fourth-order valence-electron chi connectivity index (χ4n) is 4.93. The van der Waals surface area contributed by atoms with Gasteiger partial charge >= 0.3 is 0 Å². The van der Waals surface area contributed by atoms with Gasteiger partial charge in [0.2, 0.25) is 11.8 Å². The van der Waals surface area contributed by atoms with E-state index in [1.54, 1.807) is 37.3 Å². The Hall–Kier alpha value is -3.37. The van der Waals surface area contributed by atoms with E-state index in [-0.39, 0.29) is 23.4 Å². The van der Waals surface area contributed by atoms with E-state index >= 15 is 0 Å². The first-order valence-electron chi connectivity index (χ1n) is 13.7. The van der Waals surface area contributed by atoms with Crippen molar-refractivity contribution in [2.24, 2.45) is 0 Å². The van der Waals surface area contributed by atoms with Gasteiger partial charge in [-0.05, 0) is 78.5 Å². The van der Waals surface area contributed by atoms with Gasteiger partial charge in [-0.15, -0.1) is 0 Å². The Kier molecular flexibility index (Phi) is 10.1. The summed E-state index contributed by atoms with van der Waals surface area (Å²) in [6.07, 6.45) is 3.97. The van der Waals surface area contributed by atoms with Crippen LogP contribution >= 0.6 is 15.9 Å². The van der Waals surface area contributed by atoms with E-state index in [2.05, 4.69) is 21.2 Å². The van der Waals surface area contributed by atoms with Crippen LogP contribution in [0.25, 0.3) is 0 Å². The Balaban J connectivity index is 1.69. The van der Waals surface area contributed by atoms with Gasteiger partial charge < -0.3 is 15.0 Å². The molecule has 0 bridgehead atoms. The molecule has 218 valence electrons. The third kappa shape index (κ3) is 7.48. The maximum Gasteiger partial charge on any atom is 0.264 e. The maximum atomic E-state index is 14.0. The van der Waals surface area contributed by atoms with Gasteiger partial charge in [0.05, 0.1) is 22.2 Å². The normalized spacial score (nSPS) is 14.3. The lowest BCUT2D eigenvalue weighted by Gasteiger charge is -2.32. The highest BCUT2D eigenvalue weighted by Gasteiger charge is 2.33. The van der Waals surface area contributed by atoms with Crippen LogP contribution in [-0.4, -0.2) is 50.9 Å². The van der Waals surface area contributed by atoms with Crippen LogP contribution in [0.15, 0.2) is 82.2 Å². The quantitative estimate of drug-likeness (QED) is 0.301. The third-order valence-corrected chi connectivity index (χ3v) is 9.77. The molecule has 4 rings (SSSR count). The van der Waals surface area contributed by atoms with Crippen molar-refractivity contribution in [1.29, 1.82) is 0 Å². The highest BCUT2D eigenvalue weighted by atomic mass is 79.9. The predicted octanol–water partition coefficient (Wildman–Crippen LogP) is 5.44. The van der Waals surface area contributed by atoms with Crippen molar-refractivity contribution in [2.45, 2.75) is 63.1 Å². The minimum absolute atomic E-state index is 0.000171. The second-order valence-corrected chi connectivity index (χ2v) is 13.0. The number of rotatable bonds is 11. The molecule has 1 N–H and O–H groups in total. The molecule has 0 heterocycles. The largest absolute Gasteiger partial charge is 0.496 e. The number of benzene rings is 3. The van der Waals surface area contributed by atoms with E-state index < -0.39 is 28.5 Å². The molecule has 1 saturated carbocycles. The zero-order valence-corrected chi connectivity index (χ0v) is 25.9. The molecule has 0 aliphatic heterocycles. The smallest absolute Gasteiger partial charge is 0.264 e. The Labute approximate surface area is 250 Å². The van der Waals surface area contributed by atoms with Crippen molar-refractivity contribution in [3.63, 3.8) is 0 Å². The van der Waals surface area contributed by atoms with Crippen molar-refractivity contribution in [2.75, 3.05) is 18.0 Å². The minimum Gasteiger partial charge on any atom is -0.496 e.